The predicted molar refractivity (Wildman–Crippen MR) is 70.1 cm³/mol. The van der Waals surface area contributed by atoms with Crippen molar-refractivity contribution in [1.29, 1.82) is 0 Å². The standard InChI is InChI=1S/C15H23N/c1-11(2)13-6-7-15(12(3)9-13)14-5-4-8-16-10-14/h6-7,9,11,14,16H,4-5,8,10H2,1-3H3. The summed E-state index contributed by atoms with van der Waals surface area (Å²) in [6.45, 7) is 9.13. The third-order valence-corrected chi connectivity index (χ3v) is 3.70. The Morgan fingerprint density at radius 2 is 2.12 bits per heavy atom. The van der Waals surface area contributed by atoms with Crippen LogP contribution in [0.5, 0.6) is 0 Å². The molecule has 0 radical (unpaired) electrons. The van der Waals surface area contributed by atoms with Crippen LogP contribution in [0.1, 0.15) is 55.2 Å². The number of benzene rings is 1. The number of nitrogens with one attached hydrogen (secondary N) is 1. The molecular formula is C15H23N. The van der Waals surface area contributed by atoms with Crippen LogP contribution in [0.3, 0.4) is 0 Å². The van der Waals surface area contributed by atoms with Gasteiger partial charge in [-0.25, -0.2) is 0 Å². The Morgan fingerprint density at radius 1 is 1.31 bits per heavy atom. The second kappa shape index (κ2) is 5.01. The van der Waals surface area contributed by atoms with Crippen molar-refractivity contribution in [3.63, 3.8) is 0 Å². The summed E-state index contributed by atoms with van der Waals surface area (Å²) in [4.78, 5) is 0. The van der Waals surface area contributed by atoms with Crippen LogP contribution < -0.4 is 5.32 Å². The van der Waals surface area contributed by atoms with Crippen LogP contribution in [0.25, 0.3) is 0 Å². The Morgan fingerprint density at radius 3 is 2.69 bits per heavy atom. The van der Waals surface area contributed by atoms with Gasteiger partial charge in [-0.1, -0.05) is 32.0 Å². The zero-order valence-corrected chi connectivity index (χ0v) is 10.7. The van der Waals surface area contributed by atoms with Crippen molar-refractivity contribution in [2.45, 2.75) is 45.4 Å². The molecule has 1 saturated heterocycles. The van der Waals surface area contributed by atoms with E-state index in [2.05, 4.69) is 44.3 Å². The third-order valence-electron chi connectivity index (χ3n) is 3.70. The molecule has 0 spiro atoms. The molecule has 0 amide bonds. The second-order valence-electron chi connectivity index (χ2n) is 5.31. The maximum atomic E-state index is 3.50. The van der Waals surface area contributed by atoms with E-state index in [9.17, 15) is 0 Å². The van der Waals surface area contributed by atoms with Gasteiger partial charge in [-0.15, -0.1) is 0 Å². The van der Waals surface area contributed by atoms with Gasteiger partial charge in [0.2, 0.25) is 0 Å². The highest BCUT2D eigenvalue weighted by molar-refractivity contribution is 5.35. The zero-order chi connectivity index (χ0) is 11.5. The molecule has 1 fully saturated rings. The summed E-state index contributed by atoms with van der Waals surface area (Å²) >= 11 is 0. The van der Waals surface area contributed by atoms with Crippen molar-refractivity contribution >= 4 is 0 Å². The summed E-state index contributed by atoms with van der Waals surface area (Å²) in [5.41, 5.74) is 4.49. The van der Waals surface area contributed by atoms with Gasteiger partial charge < -0.3 is 5.32 Å². The van der Waals surface area contributed by atoms with Crippen LogP contribution in [0.15, 0.2) is 18.2 Å². The van der Waals surface area contributed by atoms with Crippen molar-refractivity contribution in [3.8, 4) is 0 Å². The molecule has 2 rings (SSSR count). The largest absolute Gasteiger partial charge is 0.316 e. The molecule has 1 unspecified atom stereocenters. The zero-order valence-electron chi connectivity index (χ0n) is 10.7. The first-order valence-corrected chi connectivity index (χ1v) is 6.49. The third kappa shape index (κ3) is 2.46. The lowest BCUT2D eigenvalue weighted by Gasteiger charge is -2.25. The molecule has 1 aromatic carbocycles. The molecule has 1 aliphatic rings. The molecule has 1 aliphatic heterocycles. The van der Waals surface area contributed by atoms with Crippen LogP contribution >= 0.6 is 0 Å². The normalized spacial score (nSPS) is 21.4. The minimum Gasteiger partial charge on any atom is -0.316 e. The van der Waals surface area contributed by atoms with Gasteiger partial charge in [0.15, 0.2) is 0 Å². The summed E-state index contributed by atoms with van der Waals surface area (Å²) in [6, 6.07) is 7.03. The highest BCUT2D eigenvalue weighted by Crippen LogP contribution is 2.28. The van der Waals surface area contributed by atoms with Crippen molar-refractivity contribution in [3.05, 3.63) is 34.9 Å². The fourth-order valence-electron chi connectivity index (χ4n) is 2.63. The molecule has 88 valence electrons. The Labute approximate surface area is 99.3 Å². The quantitative estimate of drug-likeness (QED) is 0.798. The summed E-state index contributed by atoms with van der Waals surface area (Å²) in [5.74, 6) is 1.37. The monoisotopic (exact) mass is 217 g/mol. The SMILES string of the molecule is Cc1cc(C(C)C)ccc1C1CCCNC1. The first kappa shape index (κ1) is 11.7. The van der Waals surface area contributed by atoms with Gasteiger partial charge in [-0.3, -0.25) is 0 Å². The molecule has 1 atom stereocenters. The molecule has 1 N–H and O–H groups in total. The molecule has 1 nitrogen and oxygen atoms in total. The molecule has 16 heavy (non-hydrogen) atoms. The van der Waals surface area contributed by atoms with E-state index in [0.717, 1.165) is 12.5 Å². The van der Waals surface area contributed by atoms with Gasteiger partial charge >= 0.3 is 0 Å². The van der Waals surface area contributed by atoms with Crippen molar-refractivity contribution in [2.75, 3.05) is 13.1 Å². The first-order chi connectivity index (χ1) is 7.68. The van der Waals surface area contributed by atoms with E-state index in [1.165, 1.54) is 30.5 Å². The topological polar surface area (TPSA) is 12.0 Å². The van der Waals surface area contributed by atoms with Crippen LogP contribution in [0, 0.1) is 6.92 Å². The molecular weight excluding hydrogens is 194 g/mol. The van der Waals surface area contributed by atoms with E-state index < -0.39 is 0 Å². The minimum absolute atomic E-state index is 0.636. The molecule has 0 aliphatic carbocycles. The van der Waals surface area contributed by atoms with Gasteiger partial charge in [-0.05, 0) is 54.8 Å². The minimum atomic E-state index is 0.636. The summed E-state index contributed by atoms with van der Waals surface area (Å²) in [5, 5.41) is 3.50. The van der Waals surface area contributed by atoms with Gasteiger partial charge in [0.05, 0.1) is 0 Å². The molecule has 0 aromatic heterocycles. The Balaban J connectivity index is 2.21. The van der Waals surface area contributed by atoms with Crippen LogP contribution in [-0.2, 0) is 0 Å². The van der Waals surface area contributed by atoms with Gasteiger partial charge in [-0.2, -0.15) is 0 Å². The molecule has 0 saturated carbocycles. The lowest BCUT2D eigenvalue weighted by Crippen LogP contribution is -2.28. The summed E-state index contributed by atoms with van der Waals surface area (Å²) in [7, 11) is 0. The van der Waals surface area contributed by atoms with Crippen molar-refractivity contribution in [1.82, 2.24) is 5.32 Å². The molecule has 0 bridgehead atoms. The lowest BCUT2D eigenvalue weighted by atomic mass is 9.87. The molecule has 1 heteroatoms. The molecule has 1 aromatic rings. The lowest BCUT2D eigenvalue weighted by molar-refractivity contribution is 0.460. The van der Waals surface area contributed by atoms with E-state index in [1.54, 1.807) is 5.56 Å². The Kier molecular flexibility index (Phi) is 3.65. The Bertz CT molecular complexity index is 348. The second-order valence-corrected chi connectivity index (χ2v) is 5.31. The fraction of sp³-hybridized carbons (Fsp3) is 0.600. The summed E-state index contributed by atoms with van der Waals surface area (Å²) in [6.07, 6.45) is 2.66. The van der Waals surface area contributed by atoms with Gasteiger partial charge in [0, 0.05) is 6.54 Å². The number of rotatable bonds is 2. The maximum absolute atomic E-state index is 3.50. The van der Waals surface area contributed by atoms with Gasteiger partial charge in [0.25, 0.3) is 0 Å². The Hall–Kier alpha value is -0.820. The van der Waals surface area contributed by atoms with E-state index in [-0.39, 0.29) is 0 Å². The van der Waals surface area contributed by atoms with E-state index in [1.807, 2.05) is 0 Å². The average Bonchev–Trinajstić information content (AvgIpc) is 2.30. The summed E-state index contributed by atoms with van der Waals surface area (Å²) < 4.78 is 0. The predicted octanol–water partition coefficient (Wildman–Crippen LogP) is 3.59. The van der Waals surface area contributed by atoms with Crippen molar-refractivity contribution in [2.24, 2.45) is 0 Å². The van der Waals surface area contributed by atoms with Crippen LogP contribution in [0.4, 0.5) is 0 Å². The van der Waals surface area contributed by atoms with Crippen molar-refractivity contribution < 1.29 is 0 Å². The van der Waals surface area contributed by atoms with E-state index >= 15 is 0 Å². The fourth-order valence-corrected chi connectivity index (χ4v) is 2.63. The highest BCUT2D eigenvalue weighted by atomic mass is 14.9. The van der Waals surface area contributed by atoms with E-state index in [4.69, 9.17) is 0 Å². The average molecular weight is 217 g/mol. The van der Waals surface area contributed by atoms with E-state index in [0.29, 0.717) is 5.92 Å². The molecule has 1 heterocycles. The number of hydrogen-bond acceptors (Lipinski definition) is 1. The maximum Gasteiger partial charge on any atom is 0.00202 e. The number of hydrogen-bond donors (Lipinski definition) is 1. The van der Waals surface area contributed by atoms with Crippen LogP contribution in [0.2, 0.25) is 0 Å². The van der Waals surface area contributed by atoms with Gasteiger partial charge in [0.1, 0.15) is 0 Å². The smallest absolute Gasteiger partial charge is 0.00202 e. The number of aryl methyl sites for hydroxylation is 1. The number of piperidine rings is 1. The highest BCUT2D eigenvalue weighted by Gasteiger charge is 2.17. The first-order valence-electron chi connectivity index (χ1n) is 6.49. The van der Waals surface area contributed by atoms with Crippen LogP contribution in [-0.4, -0.2) is 13.1 Å².